The summed E-state index contributed by atoms with van der Waals surface area (Å²) in [5.74, 6) is 1.21. The highest BCUT2D eigenvalue weighted by Crippen LogP contribution is 2.07. The standard InChI is InChI=1S/C12H28N2S/c1-6-12(4)14(11(2)3)9-7-13-8-10-15-5/h11-13H,6-10H2,1-5H3. The quantitative estimate of drug-likeness (QED) is 0.615. The van der Waals surface area contributed by atoms with Crippen LogP contribution in [-0.2, 0) is 0 Å². The van der Waals surface area contributed by atoms with Gasteiger partial charge >= 0.3 is 0 Å². The number of nitrogens with zero attached hydrogens (tertiary/aromatic N) is 1. The fourth-order valence-electron chi connectivity index (χ4n) is 1.73. The molecule has 0 fully saturated rings. The van der Waals surface area contributed by atoms with Gasteiger partial charge in [0, 0.05) is 37.5 Å². The molecule has 0 aromatic heterocycles. The molecule has 0 rings (SSSR count). The average molecular weight is 232 g/mol. The SMILES string of the molecule is CCC(C)N(CCNCCSC)C(C)C. The molecule has 0 saturated heterocycles. The lowest BCUT2D eigenvalue weighted by molar-refractivity contribution is 0.161. The van der Waals surface area contributed by atoms with Crippen molar-refractivity contribution in [1.82, 2.24) is 10.2 Å². The van der Waals surface area contributed by atoms with E-state index in [-0.39, 0.29) is 0 Å². The lowest BCUT2D eigenvalue weighted by Crippen LogP contribution is -2.42. The highest BCUT2D eigenvalue weighted by molar-refractivity contribution is 7.98. The highest BCUT2D eigenvalue weighted by Gasteiger charge is 2.14. The van der Waals surface area contributed by atoms with Gasteiger partial charge in [-0.05, 0) is 33.4 Å². The predicted octanol–water partition coefficient (Wildman–Crippen LogP) is 2.45. The van der Waals surface area contributed by atoms with Crippen molar-refractivity contribution in [3.63, 3.8) is 0 Å². The molecule has 0 radical (unpaired) electrons. The Hall–Kier alpha value is 0.270. The van der Waals surface area contributed by atoms with E-state index in [0.717, 1.165) is 13.1 Å². The van der Waals surface area contributed by atoms with Gasteiger partial charge in [0.2, 0.25) is 0 Å². The Kier molecular flexibility index (Phi) is 9.66. The molecule has 0 bridgehead atoms. The number of nitrogens with one attached hydrogen (secondary N) is 1. The lowest BCUT2D eigenvalue weighted by atomic mass is 10.2. The Bertz CT molecular complexity index is 140. The van der Waals surface area contributed by atoms with E-state index >= 15 is 0 Å². The fourth-order valence-corrected chi connectivity index (χ4v) is 2.08. The van der Waals surface area contributed by atoms with Crippen LogP contribution in [0.5, 0.6) is 0 Å². The smallest absolute Gasteiger partial charge is 0.0112 e. The van der Waals surface area contributed by atoms with E-state index in [1.807, 2.05) is 11.8 Å². The van der Waals surface area contributed by atoms with Crippen molar-refractivity contribution in [1.29, 1.82) is 0 Å². The maximum atomic E-state index is 3.49. The van der Waals surface area contributed by atoms with Crippen molar-refractivity contribution in [3.05, 3.63) is 0 Å². The van der Waals surface area contributed by atoms with E-state index in [2.05, 4.69) is 44.2 Å². The Balaban J connectivity index is 3.67. The Morgan fingerprint density at radius 2 is 1.87 bits per heavy atom. The van der Waals surface area contributed by atoms with Crippen LogP contribution in [0.25, 0.3) is 0 Å². The molecule has 1 unspecified atom stereocenters. The monoisotopic (exact) mass is 232 g/mol. The minimum Gasteiger partial charge on any atom is -0.315 e. The molecule has 0 aromatic rings. The van der Waals surface area contributed by atoms with Crippen molar-refractivity contribution in [2.75, 3.05) is 31.6 Å². The summed E-state index contributed by atoms with van der Waals surface area (Å²) in [6.07, 6.45) is 3.39. The van der Waals surface area contributed by atoms with E-state index in [9.17, 15) is 0 Å². The molecular weight excluding hydrogens is 204 g/mol. The second kappa shape index (κ2) is 9.49. The van der Waals surface area contributed by atoms with Crippen molar-refractivity contribution in [2.24, 2.45) is 0 Å². The summed E-state index contributed by atoms with van der Waals surface area (Å²) in [7, 11) is 0. The molecule has 3 heteroatoms. The van der Waals surface area contributed by atoms with E-state index in [4.69, 9.17) is 0 Å². The topological polar surface area (TPSA) is 15.3 Å². The maximum Gasteiger partial charge on any atom is 0.0112 e. The summed E-state index contributed by atoms with van der Waals surface area (Å²) in [4.78, 5) is 2.58. The van der Waals surface area contributed by atoms with Gasteiger partial charge in [-0.25, -0.2) is 0 Å². The minimum atomic E-state index is 0.655. The molecule has 0 aliphatic carbocycles. The van der Waals surface area contributed by atoms with Crippen LogP contribution in [0.3, 0.4) is 0 Å². The van der Waals surface area contributed by atoms with Crippen molar-refractivity contribution >= 4 is 11.8 Å². The molecule has 0 saturated carbocycles. The third-order valence-electron chi connectivity index (χ3n) is 2.85. The summed E-state index contributed by atoms with van der Waals surface area (Å²) < 4.78 is 0. The molecule has 0 aliphatic rings. The van der Waals surface area contributed by atoms with Gasteiger partial charge in [-0.1, -0.05) is 6.92 Å². The molecule has 1 N–H and O–H groups in total. The largest absolute Gasteiger partial charge is 0.315 e. The zero-order valence-corrected chi connectivity index (χ0v) is 11.9. The van der Waals surface area contributed by atoms with Crippen molar-refractivity contribution in [2.45, 2.75) is 46.2 Å². The maximum absolute atomic E-state index is 3.49. The molecule has 0 aromatic carbocycles. The van der Waals surface area contributed by atoms with Gasteiger partial charge in [0.15, 0.2) is 0 Å². The third-order valence-corrected chi connectivity index (χ3v) is 3.46. The van der Waals surface area contributed by atoms with Gasteiger partial charge in [-0.15, -0.1) is 0 Å². The molecule has 1 atom stereocenters. The molecule has 0 heterocycles. The van der Waals surface area contributed by atoms with Crippen LogP contribution in [-0.4, -0.2) is 48.6 Å². The van der Waals surface area contributed by atoms with Crippen molar-refractivity contribution < 1.29 is 0 Å². The minimum absolute atomic E-state index is 0.655. The second-order valence-electron chi connectivity index (χ2n) is 4.33. The van der Waals surface area contributed by atoms with Crippen LogP contribution in [0.2, 0.25) is 0 Å². The van der Waals surface area contributed by atoms with E-state index in [1.54, 1.807) is 0 Å². The average Bonchev–Trinajstić information content (AvgIpc) is 2.22. The van der Waals surface area contributed by atoms with E-state index < -0.39 is 0 Å². The number of hydrogen-bond donors (Lipinski definition) is 1. The van der Waals surface area contributed by atoms with Gasteiger partial charge in [0.05, 0.1) is 0 Å². The first kappa shape index (κ1) is 15.3. The first-order valence-corrected chi connectivity index (χ1v) is 7.48. The Labute approximate surface area is 100 Å². The zero-order valence-electron chi connectivity index (χ0n) is 11.0. The summed E-state index contributed by atoms with van der Waals surface area (Å²) >= 11 is 1.90. The molecule has 92 valence electrons. The van der Waals surface area contributed by atoms with Crippen LogP contribution < -0.4 is 5.32 Å². The van der Waals surface area contributed by atoms with Gasteiger partial charge < -0.3 is 5.32 Å². The summed E-state index contributed by atoms with van der Waals surface area (Å²) in [6, 6.07) is 1.36. The van der Waals surface area contributed by atoms with Crippen LogP contribution in [0, 0.1) is 0 Å². The summed E-state index contributed by atoms with van der Waals surface area (Å²) in [5.41, 5.74) is 0. The molecule has 15 heavy (non-hydrogen) atoms. The van der Waals surface area contributed by atoms with Crippen LogP contribution in [0.15, 0.2) is 0 Å². The molecule has 0 aliphatic heterocycles. The second-order valence-corrected chi connectivity index (χ2v) is 5.32. The summed E-state index contributed by atoms with van der Waals surface area (Å²) in [6.45, 7) is 12.6. The first-order valence-electron chi connectivity index (χ1n) is 6.08. The fraction of sp³-hybridized carbons (Fsp3) is 1.00. The molecule has 0 amide bonds. The van der Waals surface area contributed by atoms with E-state index in [0.29, 0.717) is 12.1 Å². The molecule has 0 spiro atoms. The zero-order chi connectivity index (χ0) is 11.7. The molecular formula is C12H28N2S. The third kappa shape index (κ3) is 7.20. The van der Waals surface area contributed by atoms with Gasteiger partial charge in [0.25, 0.3) is 0 Å². The predicted molar refractivity (Wildman–Crippen MR) is 72.8 cm³/mol. The summed E-state index contributed by atoms with van der Waals surface area (Å²) in [5, 5.41) is 3.49. The van der Waals surface area contributed by atoms with Gasteiger partial charge in [0.1, 0.15) is 0 Å². The van der Waals surface area contributed by atoms with Crippen LogP contribution >= 0.6 is 11.8 Å². The first-order chi connectivity index (χ1) is 7.13. The van der Waals surface area contributed by atoms with Crippen LogP contribution in [0.4, 0.5) is 0 Å². The number of hydrogen-bond acceptors (Lipinski definition) is 3. The number of rotatable bonds is 9. The van der Waals surface area contributed by atoms with Gasteiger partial charge in [-0.3, -0.25) is 4.90 Å². The van der Waals surface area contributed by atoms with E-state index in [1.165, 1.54) is 18.7 Å². The Morgan fingerprint density at radius 1 is 1.20 bits per heavy atom. The van der Waals surface area contributed by atoms with Crippen molar-refractivity contribution in [3.8, 4) is 0 Å². The number of thioether (sulfide) groups is 1. The Morgan fingerprint density at radius 3 is 2.33 bits per heavy atom. The molecule has 2 nitrogen and oxygen atoms in total. The highest BCUT2D eigenvalue weighted by atomic mass is 32.2. The normalized spacial score (nSPS) is 13.8. The lowest BCUT2D eigenvalue weighted by Gasteiger charge is -2.32. The van der Waals surface area contributed by atoms with Gasteiger partial charge in [-0.2, -0.15) is 11.8 Å². The van der Waals surface area contributed by atoms with Crippen LogP contribution in [0.1, 0.15) is 34.1 Å².